The predicted molar refractivity (Wildman–Crippen MR) is 63.9 cm³/mol. The second-order valence-corrected chi connectivity index (χ2v) is 3.88. The number of alkyl halides is 1. The molecule has 2 nitrogen and oxygen atoms in total. The van der Waals surface area contributed by atoms with Crippen LogP contribution in [0.4, 0.5) is 0 Å². The number of carbonyl (C=O) groups excluding carboxylic acids is 1. The molecule has 0 spiro atoms. The van der Waals surface area contributed by atoms with E-state index in [0.29, 0.717) is 6.42 Å². The third-order valence-corrected chi connectivity index (χ3v) is 2.84. The molecule has 0 radical (unpaired) electrons. The molecule has 1 atom stereocenters. The van der Waals surface area contributed by atoms with Gasteiger partial charge in [0.2, 0.25) is 0 Å². The van der Waals surface area contributed by atoms with Gasteiger partial charge in [0, 0.05) is 11.8 Å². The van der Waals surface area contributed by atoms with Crippen molar-refractivity contribution in [3.63, 3.8) is 0 Å². The summed E-state index contributed by atoms with van der Waals surface area (Å²) in [5, 5.41) is 0.775. The lowest BCUT2D eigenvalue weighted by Crippen LogP contribution is -2.08. The highest BCUT2D eigenvalue weighted by molar-refractivity contribution is 9.08. The van der Waals surface area contributed by atoms with E-state index in [1.165, 1.54) is 0 Å². The highest BCUT2D eigenvalue weighted by Crippen LogP contribution is 2.23. The molecule has 15 heavy (non-hydrogen) atoms. The highest BCUT2D eigenvalue weighted by atomic mass is 79.9. The Morgan fingerprint density at radius 1 is 1.47 bits per heavy atom. The Kier molecular flexibility index (Phi) is 4.82. The average Bonchev–Trinajstić information content (AvgIpc) is 2.28. The smallest absolute Gasteiger partial charge is 0.306 e. The van der Waals surface area contributed by atoms with Crippen LogP contribution in [0.15, 0.2) is 24.3 Å². The van der Waals surface area contributed by atoms with Gasteiger partial charge in [-0.05, 0) is 18.1 Å². The van der Waals surface area contributed by atoms with E-state index < -0.39 is 0 Å². The summed E-state index contributed by atoms with van der Waals surface area (Å²) in [7, 11) is 0. The zero-order valence-corrected chi connectivity index (χ0v) is 10.6. The number of ether oxygens (including phenoxy) is 1. The van der Waals surface area contributed by atoms with Gasteiger partial charge in [-0.2, -0.15) is 0 Å². The summed E-state index contributed by atoms with van der Waals surface area (Å²) >= 11 is 3.42. The molecular formula is C12H15BrO2. The van der Waals surface area contributed by atoms with Gasteiger partial charge in [0.15, 0.2) is 0 Å². The van der Waals surface area contributed by atoms with Crippen LogP contribution in [0.25, 0.3) is 0 Å². The first-order chi connectivity index (χ1) is 7.19. The van der Waals surface area contributed by atoms with Crippen LogP contribution in [0.5, 0.6) is 0 Å². The van der Waals surface area contributed by atoms with E-state index in [4.69, 9.17) is 4.74 Å². The fourth-order valence-electron chi connectivity index (χ4n) is 1.40. The van der Waals surface area contributed by atoms with Gasteiger partial charge in [0.1, 0.15) is 6.10 Å². The SMILES string of the molecule is CCC(=O)OC(C)c1ccccc1CBr. The quantitative estimate of drug-likeness (QED) is 0.617. The molecule has 0 N–H and O–H groups in total. The van der Waals surface area contributed by atoms with Gasteiger partial charge in [-0.1, -0.05) is 47.1 Å². The van der Waals surface area contributed by atoms with Crippen molar-refractivity contribution in [2.75, 3.05) is 0 Å². The van der Waals surface area contributed by atoms with E-state index in [9.17, 15) is 4.79 Å². The molecule has 0 saturated heterocycles. The van der Waals surface area contributed by atoms with Crippen LogP contribution >= 0.6 is 15.9 Å². The number of halogens is 1. The highest BCUT2D eigenvalue weighted by Gasteiger charge is 2.12. The van der Waals surface area contributed by atoms with E-state index in [2.05, 4.69) is 15.9 Å². The van der Waals surface area contributed by atoms with E-state index in [1.54, 1.807) is 6.92 Å². The Morgan fingerprint density at radius 2 is 2.13 bits per heavy atom. The summed E-state index contributed by atoms with van der Waals surface area (Å²) in [6.07, 6.45) is 0.243. The summed E-state index contributed by atoms with van der Waals surface area (Å²) in [4.78, 5) is 11.2. The first-order valence-corrected chi connectivity index (χ1v) is 6.14. The monoisotopic (exact) mass is 270 g/mol. The molecule has 1 rings (SSSR count). The van der Waals surface area contributed by atoms with Crippen LogP contribution < -0.4 is 0 Å². The van der Waals surface area contributed by atoms with Crippen molar-refractivity contribution in [1.29, 1.82) is 0 Å². The Balaban J connectivity index is 2.80. The van der Waals surface area contributed by atoms with E-state index in [0.717, 1.165) is 16.5 Å². The predicted octanol–water partition coefficient (Wildman–Crippen LogP) is 3.60. The fraction of sp³-hybridized carbons (Fsp3) is 0.417. The first-order valence-electron chi connectivity index (χ1n) is 5.02. The molecule has 1 aromatic rings. The number of hydrogen-bond donors (Lipinski definition) is 0. The number of benzene rings is 1. The maximum atomic E-state index is 11.2. The van der Waals surface area contributed by atoms with Gasteiger partial charge in [-0.3, -0.25) is 4.79 Å². The minimum absolute atomic E-state index is 0.160. The van der Waals surface area contributed by atoms with Crippen molar-refractivity contribution in [3.05, 3.63) is 35.4 Å². The van der Waals surface area contributed by atoms with Crippen LogP contribution in [-0.4, -0.2) is 5.97 Å². The summed E-state index contributed by atoms with van der Waals surface area (Å²) in [6.45, 7) is 3.69. The molecule has 0 bridgehead atoms. The fourth-order valence-corrected chi connectivity index (χ4v) is 1.91. The number of hydrogen-bond acceptors (Lipinski definition) is 2. The molecule has 3 heteroatoms. The zero-order valence-electron chi connectivity index (χ0n) is 9.00. The van der Waals surface area contributed by atoms with Gasteiger partial charge < -0.3 is 4.74 Å². The van der Waals surface area contributed by atoms with E-state index in [-0.39, 0.29) is 12.1 Å². The maximum absolute atomic E-state index is 11.2. The lowest BCUT2D eigenvalue weighted by atomic mass is 10.0. The second kappa shape index (κ2) is 5.91. The van der Waals surface area contributed by atoms with Gasteiger partial charge >= 0.3 is 5.97 Å². The largest absolute Gasteiger partial charge is 0.458 e. The third-order valence-electron chi connectivity index (χ3n) is 2.23. The Morgan fingerprint density at radius 3 is 2.73 bits per heavy atom. The minimum atomic E-state index is -0.175. The van der Waals surface area contributed by atoms with Crippen molar-refractivity contribution < 1.29 is 9.53 Å². The number of carbonyl (C=O) groups is 1. The zero-order chi connectivity index (χ0) is 11.3. The molecule has 0 aliphatic heterocycles. The van der Waals surface area contributed by atoms with Crippen LogP contribution in [0.2, 0.25) is 0 Å². The van der Waals surface area contributed by atoms with E-state index in [1.807, 2.05) is 31.2 Å². The molecule has 0 saturated carbocycles. The molecule has 1 aromatic carbocycles. The average molecular weight is 271 g/mol. The Labute approximate surface area is 98.8 Å². The standard InChI is InChI=1S/C12H15BrO2/c1-3-12(14)15-9(2)11-7-5-4-6-10(11)8-13/h4-7,9H,3,8H2,1-2H3. The summed E-state index contributed by atoms with van der Waals surface area (Å²) < 4.78 is 5.27. The van der Waals surface area contributed by atoms with Gasteiger partial charge in [-0.25, -0.2) is 0 Å². The second-order valence-electron chi connectivity index (χ2n) is 3.32. The number of rotatable bonds is 4. The van der Waals surface area contributed by atoms with Gasteiger partial charge in [-0.15, -0.1) is 0 Å². The lowest BCUT2D eigenvalue weighted by molar-refractivity contribution is -0.148. The van der Waals surface area contributed by atoms with Crippen LogP contribution in [-0.2, 0) is 14.9 Å². The normalized spacial score (nSPS) is 12.2. The van der Waals surface area contributed by atoms with Crippen molar-refractivity contribution in [2.24, 2.45) is 0 Å². The third kappa shape index (κ3) is 3.34. The Hall–Kier alpha value is -0.830. The lowest BCUT2D eigenvalue weighted by Gasteiger charge is -2.15. The molecule has 0 amide bonds. The van der Waals surface area contributed by atoms with Crippen molar-refractivity contribution in [2.45, 2.75) is 31.7 Å². The molecular weight excluding hydrogens is 256 g/mol. The minimum Gasteiger partial charge on any atom is -0.458 e. The maximum Gasteiger partial charge on any atom is 0.306 e. The molecule has 82 valence electrons. The molecule has 0 aromatic heterocycles. The topological polar surface area (TPSA) is 26.3 Å². The van der Waals surface area contributed by atoms with Crippen LogP contribution in [0, 0.1) is 0 Å². The molecule has 1 unspecified atom stereocenters. The van der Waals surface area contributed by atoms with E-state index >= 15 is 0 Å². The van der Waals surface area contributed by atoms with Gasteiger partial charge in [0.25, 0.3) is 0 Å². The first kappa shape index (κ1) is 12.2. The van der Waals surface area contributed by atoms with Crippen molar-refractivity contribution in [3.8, 4) is 0 Å². The van der Waals surface area contributed by atoms with Crippen LogP contribution in [0.1, 0.15) is 37.5 Å². The molecule has 0 aliphatic rings. The number of esters is 1. The summed E-state index contributed by atoms with van der Waals surface area (Å²) in [5.41, 5.74) is 2.23. The summed E-state index contributed by atoms with van der Waals surface area (Å²) in [5.74, 6) is -0.160. The molecule has 0 fully saturated rings. The summed E-state index contributed by atoms with van der Waals surface area (Å²) in [6, 6.07) is 7.96. The van der Waals surface area contributed by atoms with Crippen molar-refractivity contribution in [1.82, 2.24) is 0 Å². The Bertz CT molecular complexity index is 336. The van der Waals surface area contributed by atoms with Gasteiger partial charge in [0.05, 0.1) is 0 Å². The molecule has 0 heterocycles. The van der Waals surface area contributed by atoms with Crippen molar-refractivity contribution >= 4 is 21.9 Å². The molecule has 0 aliphatic carbocycles. The van der Waals surface area contributed by atoms with Crippen LogP contribution in [0.3, 0.4) is 0 Å².